The van der Waals surface area contributed by atoms with Gasteiger partial charge in [-0.25, -0.2) is 0 Å². The number of nitrogens with zero attached hydrogens (tertiary/aromatic N) is 1. The number of benzene rings is 1. The molecule has 1 aromatic rings. The molecule has 4 rings (SSSR count). The molecular formula is C20H26N2O4. The Balaban J connectivity index is 1.24. The molecule has 1 saturated heterocycles. The molecule has 6 heteroatoms. The minimum atomic E-state index is -0.229. The van der Waals surface area contributed by atoms with Crippen LogP contribution < -0.4 is 14.8 Å². The summed E-state index contributed by atoms with van der Waals surface area (Å²) < 4.78 is 11.8. The highest BCUT2D eigenvalue weighted by atomic mass is 16.5. The number of carbonyl (C=O) groups excluding carboxylic acids is 2. The molecule has 26 heavy (non-hydrogen) atoms. The summed E-state index contributed by atoms with van der Waals surface area (Å²) in [5.74, 6) is 1.36. The molecule has 2 amide bonds. The van der Waals surface area contributed by atoms with Gasteiger partial charge in [0.2, 0.25) is 11.8 Å². The molecule has 1 aromatic carbocycles. The topological polar surface area (TPSA) is 67.9 Å². The molecule has 0 radical (unpaired) electrons. The molecule has 1 aliphatic carbocycles. The number of amides is 2. The van der Waals surface area contributed by atoms with Crippen molar-refractivity contribution < 1.29 is 19.1 Å². The fraction of sp³-hybridized carbons (Fsp3) is 0.600. The van der Waals surface area contributed by atoms with Crippen molar-refractivity contribution >= 4 is 11.8 Å². The Bertz CT molecular complexity index is 727. The van der Waals surface area contributed by atoms with Crippen molar-refractivity contribution in [2.45, 2.75) is 51.2 Å². The van der Waals surface area contributed by atoms with Gasteiger partial charge in [0.25, 0.3) is 0 Å². The van der Waals surface area contributed by atoms with E-state index < -0.39 is 0 Å². The number of likely N-dealkylation sites (tertiary alicyclic amines) is 1. The maximum Gasteiger partial charge on any atom is 0.225 e. The molecule has 0 spiro atoms. The van der Waals surface area contributed by atoms with Gasteiger partial charge in [0, 0.05) is 31.0 Å². The Labute approximate surface area is 153 Å². The summed E-state index contributed by atoms with van der Waals surface area (Å²) in [6.45, 7) is 5.47. The molecule has 6 nitrogen and oxygen atoms in total. The van der Waals surface area contributed by atoms with Crippen LogP contribution in [0.1, 0.15) is 38.7 Å². The van der Waals surface area contributed by atoms with Crippen LogP contribution in [0.5, 0.6) is 11.5 Å². The van der Waals surface area contributed by atoms with Crippen molar-refractivity contribution in [1.29, 1.82) is 0 Å². The Kier molecular flexibility index (Phi) is 4.29. The lowest BCUT2D eigenvalue weighted by molar-refractivity contribution is -0.129. The fourth-order valence-corrected chi connectivity index (χ4v) is 3.83. The van der Waals surface area contributed by atoms with Crippen molar-refractivity contribution in [3.05, 3.63) is 23.8 Å². The molecular weight excluding hydrogens is 332 g/mol. The van der Waals surface area contributed by atoms with Crippen LogP contribution in [0.15, 0.2) is 18.2 Å². The maximum absolute atomic E-state index is 12.3. The summed E-state index contributed by atoms with van der Waals surface area (Å²) in [7, 11) is 0. The van der Waals surface area contributed by atoms with E-state index >= 15 is 0 Å². The molecule has 1 unspecified atom stereocenters. The second-order valence-corrected chi connectivity index (χ2v) is 8.10. The van der Waals surface area contributed by atoms with Crippen LogP contribution in [-0.4, -0.2) is 48.1 Å². The van der Waals surface area contributed by atoms with E-state index in [4.69, 9.17) is 9.47 Å². The van der Waals surface area contributed by atoms with Crippen molar-refractivity contribution in [2.24, 2.45) is 5.92 Å². The van der Waals surface area contributed by atoms with E-state index in [1.807, 2.05) is 17.0 Å². The van der Waals surface area contributed by atoms with Crippen molar-refractivity contribution in [2.75, 3.05) is 19.7 Å². The Hall–Kier alpha value is -2.24. The van der Waals surface area contributed by atoms with E-state index in [2.05, 4.69) is 25.2 Å². The van der Waals surface area contributed by atoms with Crippen LogP contribution in [0.2, 0.25) is 0 Å². The van der Waals surface area contributed by atoms with Crippen LogP contribution in [0.3, 0.4) is 0 Å². The molecule has 2 fully saturated rings. The molecule has 1 N–H and O–H groups in total. The molecule has 0 aromatic heterocycles. The van der Waals surface area contributed by atoms with E-state index in [0.29, 0.717) is 32.2 Å². The van der Waals surface area contributed by atoms with Crippen molar-refractivity contribution in [3.8, 4) is 11.5 Å². The number of nitrogens with one attached hydrogen (secondary N) is 1. The van der Waals surface area contributed by atoms with Gasteiger partial charge in [0.15, 0.2) is 11.5 Å². The summed E-state index contributed by atoms with van der Waals surface area (Å²) in [4.78, 5) is 26.1. The number of hydrogen-bond acceptors (Lipinski definition) is 4. The van der Waals surface area contributed by atoms with Crippen LogP contribution in [0.25, 0.3) is 0 Å². The van der Waals surface area contributed by atoms with Gasteiger partial charge in [0.1, 0.15) is 12.2 Å². The lowest BCUT2D eigenvalue weighted by Gasteiger charge is -2.18. The first kappa shape index (κ1) is 17.2. The fourth-order valence-electron chi connectivity index (χ4n) is 3.83. The third-order valence-electron chi connectivity index (χ3n) is 5.23. The van der Waals surface area contributed by atoms with Gasteiger partial charge in [-0.2, -0.15) is 0 Å². The molecule has 140 valence electrons. The SMILES string of the molecule is CC1(C)Cc2cccc(OCCNC(=O)C3CC(=O)N(C4CC4)C3)c2O1. The average Bonchev–Trinajstić information content (AvgIpc) is 3.27. The third kappa shape index (κ3) is 3.50. The van der Waals surface area contributed by atoms with Gasteiger partial charge in [-0.1, -0.05) is 12.1 Å². The second-order valence-electron chi connectivity index (χ2n) is 8.10. The molecule has 3 aliphatic rings. The Morgan fingerprint density at radius 1 is 1.38 bits per heavy atom. The van der Waals surface area contributed by atoms with Crippen LogP contribution in [0.4, 0.5) is 0 Å². The molecule has 0 bridgehead atoms. The molecule has 2 aliphatic heterocycles. The van der Waals surface area contributed by atoms with Gasteiger partial charge >= 0.3 is 0 Å². The zero-order chi connectivity index (χ0) is 18.3. The molecule has 1 saturated carbocycles. The summed E-state index contributed by atoms with van der Waals surface area (Å²) in [5.41, 5.74) is 0.944. The van der Waals surface area contributed by atoms with E-state index in [-0.39, 0.29) is 23.3 Å². The lowest BCUT2D eigenvalue weighted by Crippen LogP contribution is -2.35. The minimum absolute atomic E-state index is 0.0548. The first-order valence-corrected chi connectivity index (χ1v) is 9.44. The van der Waals surface area contributed by atoms with Gasteiger partial charge in [-0.05, 0) is 32.8 Å². The highest BCUT2D eigenvalue weighted by Crippen LogP contribution is 2.41. The summed E-state index contributed by atoms with van der Waals surface area (Å²) >= 11 is 0. The maximum atomic E-state index is 12.3. The average molecular weight is 358 g/mol. The monoisotopic (exact) mass is 358 g/mol. The van der Waals surface area contributed by atoms with E-state index in [1.165, 1.54) is 0 Å². The zero-order valence-corrected chi connectivity index (χ0v) is 15.4. The van der Waals surface area contributed by atoms with Gasteiger partial charge in [-0.15, -0.1) is 0 Å². The van der Waals surface area contributed by atoms with Crippen LogP contribution in [-0.2, 0) is 16.0 Å². The van der Waals surface area contributed by atoms with Gasteiger partial charge in [-0.3, -0.25) is 9.59 Å². The van der Waals surface area contributed by atoms with Crippen molar-refractivity contribution in [1.82, 2.24) is 10.2 Å². The van der Waals surface area contributed by atoms with Crippen LogP contribution in [0, 0.1) is 5.92 Å². The highest BCUT2D eigenvalue weighted by Gasteiger charge is 2.41. The van der Waals surface area contributed by atoms with Crippen LogP contribution >= 0.6 is 0 Å². The second kappa shape index (κ2) is 6.49. The largest absolute Gasteiger partial charge is 0.488 e. The zero-order valence-electron chi connectivity index (χ0n) is 15.4. The standard InChI is InChI=1S/C20H26N2O4/c1-20(2)11-13-4-3-5-16(18(13)26-20)25-9-8-21-19(24)14-10-17(23)22(12-14)15-6-7-15/h3-5,14-15H,6-12H2,1-2H3,(H,21,24). The number of fused-ring (bicyclic) bond motifs is 1. The number of hydrogen-bond donors (Lipinski definition) is 1. The number of carbonyl (C=O) groups is 2. The summed E-state index contributed by atoms with van der Waals surface area (Å²) in [6.07, 6.45) is 3.35. The molecule has 1 atom stereocenters. The first-order chi connectivity index (χ1) is 12.4. The summed E-state index contributed by atoms with van der Waals surface area (Å²) in [5, 5.41) is 2.90. The number of rotatable bonds is 6. The predicted octanol–water partition coefficient (Wildman–Crippen LogP) is 1.91. The van der Waals surface area contributed by atoms with Crippen molar-refractivity contribution in [3.63, 3.8) is 0 Å². The number of ether oxygens (including phenoxy) is 2. The van der Waals surface area contributed by atoms with Gasteiger partial charge < -0.3 is 19.7 Å². The minimum Gasteiger partial charge on any atom is -0.488 e. The molecule has 2 heterocycles. The van der Waals surface area contributed by atoms with E-state index in [0.717, 1.165) is 36.3 Å². The quantitative estimate of drug-likeness (QED) is 0.789. The predicted molar refractivity (Wildman–Crippen MR) is 96.2 cm³/mol. The summed E-state index contributed by atoms with van der Waals surface area (Å²) in [6, 6.07) is 6.30. The van der Waals surface area contributed by atoms with Gasteiger partial charge in [0.05, 0.1) is 12.5 Å². The van der Waals surface area contributed by atoms with E-state index in [1.54, 1.807) is 0 Å². The Morgan fingerprint density at radius 3 is 2.96 bits per heavy atom. The first-order valence-electron chi connectivity index (χ1n) is 9.44. The highest BCUT2D eigenvalue weighted by molar-refractivity contribution is 5.89. The van der Waals surface area contributed by atoms with E-state index in [9.17, 15) is 9.59 Å². The Morgan fingerprint density at radius 2 is 2.19 bits per heavy atom. The third-order valence-corrected chi connectivity index (χ3v) is 5.23. The number of para-hydroxylation sites is 1. The lowest BCUT2D eigenvalue weighted by atomic mass is 10.0. The smallest absolute Gasteiger partial charge is 0.225 e. The normalized spacial score (nSPS) is 23.5.